The number of nitrogens with zero attached hydrogens (tertiary/aromatic N) is 2. The minimum atomic E-state index is -0.765. The van der Waals surface area contributed by atoms with Crippen LogP contribution < -0.4 is 5.32 Å². The largest absolute Gasteiger partial charge is 0.352 e. The second kappa shape index (κ2) is 5.67. The predicted octanol–water partition coefficient (Wildman–Crippen LogP) is 2.18. The highest BCUT2D eigenvalue weighted by Gasteiger charge is 2.19. The molecule has 0 saturated heterocycles. The van der Waals surface area contributed by atoms with Crippen molar-refractivity contribution in [3.05, 3.63) is 12.4 Å². The van der Waals surface area contributed by atoms with Crippen LogP contribution in [-0.2, 0) is 10.8 Å². The summed E-state index contributed by atoms with van der Waals surface area (Å²) in [6.45, 7) is 2.05. The van der Waals surface area contributed by atoms with Crippen molar-refractivity contribution < 1.29 is 4.21 Å². The molecule has 0 bridgehead atoms. The molecule has 0 amide bonds. The standard InChI is InChI=1S/C12H21N3OS/c1-10(9-17(2)16)14-12-13-7-8-15(12)11-5-3-4-6-11/h7-8,10-11H,3-6,9H2,1-2H3,(H,13,14). The second-order valence-corrected chi connectivity index (χ2v) is 6.36. The number of imidazole rings is 1. The van der Waals surface area contributed by atoms with Gasteiger partial charge in [-0.3, -0.25) is 4.21 Å². The maximum Gasteiger partial charge on any atom is 0.203 e. The fourth-order valence-corrected chi connectivity index (χ4v) is 3.30. The van der Waals surface area contributed by atoms with Gasteiger partial charge in [0.15, 0.2) is 0 Å². The monoisotopic (exact) mass is 255 g/mol. The van der Waals surface area contributed by atoms with Crippen molar-refractivity contribution in [1.29, 1.82) is 0 Å². The molecule has 0 aliphatic heterocycles. The summed E-state index contributed by atoms with van der Waals surface area (Å²) in [4.78, 5) is 4.36. The van der Waals surface area contributed by atoms with E-state index in [2.05, 4.69) is 21.8 Å². The molecule has 2 unspecified atom stereocenters. The number of hydrogen-bond acceptors (Lipinski definition) is 3. The van der Waals surface area contributed by atoms with Gasteiger partial charge in [-0.1, -0.05) is 12.8 Å². The zero-order valence-corrected chi connectivity index (χ0v) is 11.4. The van der Waals surface area contributed by atoms with Crippen molar-refractivity contribution in [1.82, 2.24) is 9.55 Å². The number of nitrogens with one attached hydrogen (secondary N) is 1. The minimum Gasteiger partial charge on any atom is -0.352 e. The van der Waals surface area contributed by atoms with E-state index in [1.165, 1.54) is 25.7 Å². The van der Waals surface area contributed by atoms with Gasteiger partial charge in [0.05, 0.1) is 0 Å². The van der Waals surface area contributed by atoms with Gasteiger partial charge in [-0.2, -0.15) is 0 Å². The summed E-state index contributed by atoms with van der Waals surface area (Å²) in [7, 11) is -0.765. The first kappa shape index (κ1) is 12.6. The normalized spacial score (nSPS) is 20.4. The van der Waals surface area contributed by atoms with Crippen LogP contribution >= 0.6 is 0 Å². The Morgan fingerprint density at radius 3 is 2.94 bits per heavy atom. The van der Waals surface area contributed by atoms with Crippen molar-refractivity contribution in [3.63, 3.8) is 0 Å². The summed E-state index contributed by atoms with van der Waals surface area (Å²) in [5.74, 6) is 1.59. The van der Waals surface area contributed by atoms with Gasteiger partial charge in [-0.25, -0.2) is 4.98 Å². The molecule has 96 valence electrons. The zero-order valence-electron chi connectivity index (χ0n) is 10.6. The fraction of sp³-hybridized carbons (Fsp3) is 0.750. The predicted molar refractivity (Wildman–Crippen MR) is 71.8 cm³/mol. The SMILES string of the molecule is CC(CS(C)=O)Nc1nccn1C1CCCC1. The Balaban J connectivity index is 2.00. The molecule has 1 fully saturated rings. The van der Waals surface area contributed by atoms with E-state index >= 15 is 0 Å². The number of rotatable bonds is 5. The van der Waals surface area contributed by atoms with Gasteiger partial charge in [-0.15, -0.1) is 0 Å². The quantitative estimate of drug-likeness (QED) is 0.877. The molecule has 0 aromatic carbocycles. The smallest absolute Gasteiger partial charge is 0.203 e. The highest BCUT2D eigenvalue weighted by atomic mass is 32.2. The average molecular weight is 255 g/mol. The summed E-state index contributed by atoms with van der Waals surface area (Å²) in [5.41, 5.74) is 0. The van der Waals surface area contributed by atoms with E-state index in [9.17, 15) is 4.21 Å². The Bertz CT molecular complexity index is 385. The van der Waals surface area contributed by atoms with E-state index in [0.717, 1.165) is 5.95 Å². The van der Waals surface area contributed by atoms with Gasteiger partial charge in [0.1, 0.15) is 0 Å². The molecular formula is C12H21N3OS. The minimum absolute atomic E-state index is 0.198. The van der Waals surface area contributed by atoms with E-state index < -0.39 is 10.8 Å². The Morgan fingerprint density at radius 2 is 2.29 bits per heavy atom. The van der Waals surface area contributed by atoms with Crippen LogP contribution in [0.25, 0.3) is 0 Å². The Labute approximate surface area is 105 Å². The van der Waals surface area contributed by atoms with E-state index in [0.29, 0.717) is 11.8 Å². The first-order chi connectivity index (χ1) is 8.16. The molecule has 0 radical (unpaired) electrons. The molecule has 17 heavy (non-hydrogen) atoms. The lowest BCUT2D eigenvalue weighted by molar-refractivity contribution is 0.521. The molecule has 0 spiro atoms. The molecule has 1 heterocycles. The van der Waals surface area contributed by atoms with Gasteiger partial charge < -0.3 is 9.88 Å². The summed E-state index contributed by atoms with van der Waals surface area (Å²) in [6, 6.07) is 0.794. The van der Waals surface area contributed by atoms with Gasteiger partial charge in [-0.05, 0) is 19.8 Å². The highest BCUT2D eigenvalue weighted by Crippen LogP contribution is 2.31. The molecule has 1 N–H and O–H groups in total. The Kier molecular flexibility index (Phi) is 4.20. The van der Waals surface area contributed by atoms with Gasteiger partial charge in [0, 0.05) is 47.3 Å². The molecule has 1 aromatic rings. The molecule has 1 saturated carbocycles. The van der Waals surface area contributed by atoms with Crippen LogP contribution in [0, 0.1) is 0 Å². The van der Waals surface area contributed by atoms with E-state index in [1.807, 2.05) is 12.4 Å². The summed E-state index contributed by atoms with van der Waals surface area (Å²) >= 11 is 0. The highest BCUT2D eigenvalue weighted by molar-refractivity contribution is 7.84. The van der Waals surface area contributed by atoms with Crippen molar-refractivity contribution in [2.45, 2.75) is 44.7 Å². The Hall–Kier alpha value is -0.840. The van der Waals surface area contributed by atoms with E-state index in [-0.39, 0.29) is 6.04 Å². The van der Waals surface area contributed by atoms with Crippen LogP contribution in [0.15, 0.2) is 12.4 Å². The third-order valence-corrected chi connectivity index (χ3v) is 4.22. The summed E-state index contributed by atoms with van der Waals surface area (Å²) in [6.07, 6.45) is 10.8. The van der Waals surface area contributed by atoms with E-state index in [4.69, 9.17) is 0 Å². The van der Waals surface area contributed by atoms with Crippen LogP contribution in [-0.4, -0.2) is 31.8 Å². The number of aromatic nitrogens is 2. The molecule has 1 aromatic heterocycles. The van der Waals surface area contributed by atoms with Crippen LogP contribution in [0.2, 0.25) is 0 Å². The van der Waals surface area contributed by atoms with Crippen LogP contribution in [0.1, 0.15) is 38.6 Å². The van der Waals surface area contributed by atoms with Gasteiger partial charge in [0.2, 0.25) is 5.95 Å². The molecule has 1 aliphatic carbocycles. The van der Waals surface area contributed by atoms with Gasteiger partial charge in [0.25, 0.3) is 0 Å². The topological polar surface area (TPSA) is 46.9 Å². The van der Waals surface area contributed by atoms with Crippen molar-refractivity contribution in [3.8, 4) is 0 Å². The summed E-state index contributed by atoms with van der Waals surface area (Å²) < 4.78 is 13.4. The van der Waals surface area contributed by atoms with Crippen molar-refractivity contribution >= 4 is 16.7 Å². The van der Waals surface area contributed by atoms with Crippen LogP contribution in [0.3, 0.4) is 0 Å². The fourth-order valence-electron chi connectivity index (χ4n) is 2.52. The lowest BCUT2D eigenvalue weighted by atomic mass is 10.2. The third-order valence-electron chi connectivity index (χ3n) is 3.25. The van der Waals surface area contributed by atoms with Gasteiger partial charge >= 0.3 is 0 Å². The van der Waals surface area contributed by atoms with E-state index in [1.54, 1.807) is 6.26 Å². The first-order valence-corrected chi connectivity index (χ1v) is 7.99. The average Bonchev–Trinajstić information content (AvgIpc) is 2.84. The number of hydrogen-bond donors (Lipinski definition) is 1. The molecule has 4 nitrogen and oxygen atoms in total. The molecule has 1 aliphatic rings. The second-order valence-electron chi connectivity index (χ2n) is 4.88. The molecule has 5 heteroatoms. The van der Waals surface area contributed by atoms with Crippen LogP contribution in [0.5, 0.6) is 0 Å². The maximum atomic E-state index is 11.2. The molecule has 2 atom stereocenters. The zero-order chi connectivity index (χ0) is 12.3. The van der Waals surface area contributed by atoms with Crippen molar-refractivity contribution in [2.24, 2.45) is 0 Å². The molecule has 2 rings (SSSR count). The first-order valence-electron chi connectivity index (χ1n) is 6.26. The Morgan fingerprint density at radius 1 is 1.59 bits per heavy atom. The lowest BCUT2D eigenvalue weighted by Gasteiger charge is -2.18. The number of anilines is 1. The lowest BCUT2D eigenvalue weighted by Crippen LogP contribution is -2.24. The van der Waals surface area contributed by atoms with Crippen LogP contribution in [0.4, 0.5) is 5.95 Å². The van der Waals surface area contributed by atoms with Crippen molar-refractivity contribution in [2.75, 3.05) is 17.3 Å². The third kappa shape index (κ3) is 3.31. The summed E-state index contributed by atoms with van der Waals surface area (Å²) in [5, 5.41) is 3.36. The maximum absolute atomic E-state index is 11.2. The molecular weight excluding hydrogens is 234 g/mol.